The Kier molecular flexibility index (Phi) is 5.55. The molecule has 2 N–H and O–H groups in total. The fourth-order valence-corrected chi connectivity index (χ4v) is 2.97. The second-order valence-electron chi connectivity index (χ2n) is 6.10. The van der Waals surface area contributed by atoms with Gasteiger partial charge in [-0.15, -0.1) is 0 Å². The van der Waals surface area contributed by atoms with Crippen molar-refractivity contribution in [2.45, 2.75) is 25.0 Å². The Morgan fingerprint density at radius 2 is 2.40 bits per heavy atom. The van der Waals surface area contributed by atoms with E-state index in [-0.39, 0.29) is 18.2 Å². The number of amides is 2. The first kappa shape index (κ1) is 17.3. The van der Waals surface area contributed by atoms with Gasteiger partial charge in [-0.2, -0.15) is 0 Å². The van der Waals surface area contributed by atoms with Gasteiger partial charge in [0.15, 0.2) is 0 Å². The number of carbonyl (C=O) groups excluding carboxylic acids is 1. The van der Waals surface area contributed by atoms with Gasteiger partial charge in [-0.05, 0) is 30.5 Å². The average Bonchev–Trinajstić information content (AvgIpc) is 3.29. The molecule has 1 aromatic heterocycles. The number of aromatic nitrogens is 2. The Morgan fingerprint density at radius 3 is 3.08 bits per heavy atom. The van der Waals surface area contributed by atoms with Gasteiger partial charge in [-0.3, -0.25) is 0 Å². The van der Waals surface area contributed by atoms with Crippen LogP contribution in [0, 0.1) is 0 Å². The highest BCUT2D eigenvalue weighted by molar-refractivity contribution is 5.75. The number of nitrogens with zero attached hydrogens (tertiary/aromatic N) is 2. The van der Waals surface area contributed by atoms with Gasteiger partial charge in [-0.25, -0.2) is 9.78 Å². The van der Waals surface area contributed by atoms with Crippen LogP contribution in [0.4, 0.5) is 4.79 Å². The van der Waals surface area contributed by atoms with E-state index in [0.717, 1.165) is 36.6 Å². The summed E-state index contributed by atoms with van der Waals surface area (Å²) in [7, 11) is 3.53. The second-order valence-corrected chi connectivity index (χ2v) is 6.10. The van der Waals surface area contributed by atoms with Gasteiger partial charge in [0.1, 0.15) is 17.6 Å². The molecule has 1 aliphatic rings. The molecule has 2 amide bonds. The lowest BCUT2D eigenvalue weighted by atomic mass is 10.1. The summed E-state index contributed by atoms with van der Waals surface area (Å²) in [5, 5.41) is 5.90. The summed E-state index contributed by atoms with van der Waals surface area (Å²) >= 11 is 0. The lowest BCUT2D eigenvalue weighted by molar-refractivity contribution is 0.111. The minimum Gasteiger partial charge on any atom is -0.497 e. The van der Waals surface area contributed by atoms with Crippen LogP contribution >= 0.6 is 0 Å². The predicted molar refractivity (Wildman–Crippen MR) is 93.6 cm³/mol. The van der Waals surface area contributed by atoms with E-state index in [0.29, 0.717) is 6.54 Å². The van der Waals surface area contributed by atoms with Crippen LogP contribution < -0.4 is 15.4 Å². The molecule has 0 saturated carbocycles. The lowest BCUT2D eigenvalue weighted by Gasteiger charge is -2.20. The van der Waals surface area contributed by atoms with Crippen molar-refractivity contribution in [2.24, 2.45) is 7.05 Å². The minimum atomic E-state index is -0.375. The molecule has 0 unspecified atom stereocenters. The molecule has 3 rings (SSSR count). The maximum atomic E-state index is 12.4. The van der Waals surface area contributed by atoms with Gasteiger partial charge in [0, 0.05) is 32.6 Å². The molecule has 0 radical (unpaired) electrons. The minimum absolute atomic E-state index is 0.106. The van der Waals surface area contributed by atoms with Crippen molar-refractivity contribution in [3.05, 3.63) is 48.0 Å². The quantitative estimate of drug-likeness (QED) is 0.840. The van der Waals surface area contributed by atoms with E-state index in [1.54, 1.807) is 13.3 Å². The van der Waals surface area contributed by atoms with Gasteiger partial charge in [0.05, 0.1) is 13.2 Å². The SMILES string of the molecule is COc1cccc([C@H](NC(=O)NC[C@@H]2CCCO2)c2nccn2C)c1. The molecule has 2 atom stereocenters. The number of ether oxygens (including phenoxy) is 2. The zero-order chi connectivity index (χ0) is 17.6. The first-order valence-electron chi connectivity index (χ1n) is 8.44. The molecule has 2 heterocycles. The van der Waals surface area contributed by atoms with Crippen LogP contribution in [-0.2, 0) is 11.8 Å². The summed E-state index contributed by atoms with van der Waals surface area (Å²) in [5.74, 6) is 1.48. The van der Waals surface area contributed by atoms with Crippen LogP contribution in [-0.4, -0.2) is 41.9 Å². The van der Waals surface area contributed by atoms with Crippen molar-refractivity contribution < 1.29 is 14.3 Å². The lowest BCUT2D eigenvalue weighted by Crippen LogP contribution is -2.42. The summed E-state index contributed by atoms with van der Waals surface area (Å²) in [4.78, 5) is 16.8. The first-order valence-corrected chi connectivity index (χ1v) is 8.44. The molecule has 0 aliphatic carbocycles. The summed E-state index contributed by atoms with van der Waals surface area (Å²) in [6.45, 7) is 1.28. The third-order valence-corrected chi connectivity index (χ3v) is 4.33. The van der Waals surface area contributed by atoms with Crippen molar-refractivity contribution in [2.75, 3.05) is 20.3 Å². The van der Waals surface area contributed by atoms with Crippen LogP contribution in [0.3, 0.4) is 0 Å². The molecule has 1 aromatic carbocycles. The van der Waals surface area contributed by atoms with E-state index in [1.807, 2.05) is 42.1 Å². The zero-order valence-electron chi connectivity index (χ0n) is 14.6. The predicted octanol–water partition coefficient (Wildman–Crippen LogP) is 2.00. The normalized spacial score (nSPS) is 17.9. The maximum absolute atomic E-state index is 12.4. The molecule has 1 aliphatic heterocycles. The highest BCUT2D eigenvalue weighted by Crippen LogP contribution is 2.24. The first-order chi connectivity index (χ1) is 12.2. The molecule has 2 aromatic rings. The fourth-order valence-electron chi connectivity index (χ4n) is 2.97. The van der Waals surface area contributed by atoms with Crippen LogP contribution in [0.1, 0.15) is 30.3 Å². The van der Waals surface area contributed by atoms with Crippen molar-refractivity contribution in [1.29, 1.82) is 0 Å². The van der Waals surface area contributed by atoms with E-state index < -0.39 is 0 Å². The van der Waals surface area contributed by atoms with Crippen molar-refractivity contribution >= 4 is 6.03 Å². The van der Waals surface area contributed by atoms with Crippen LogP contribution in [0.2, 0.25) is 0 Å². The third-order valence-electron chi connectivity index (χ3n) is 4.33. The summed E-state index contributed by atoms with van der Waals surface area (Å²) in [6, 6.07) is 7.00. The van der Waals surface area contributed by atoms with Crippen LogP contribution in [0.5, 0.6) is 5.75 Å². The Balaban J connectivity index is 1.74. The van der Waals surface area contributed by atoms with E-state index in [2.05, 4.69) is 15.6 Å². The van der Waals surface area contributed by atoms with Gasteiger partial charge in [0.2, 0.25) is 0 Å². The molecule has 134 valence electrons. The standard InChI is InChI=1S/C18H24N4O3/c1-22-9-8-19-17(22)16(13-5-3-6-14(11-13)24-2)21-18(23)20-12-15-7-4-10-25-15/h3,5-6,8-9,11,15-16H,4,7,10,12H2,1-2H3,(H2,20,21,23)/t15-,16-/m0/s1. The smallest absolute Gasteiger partial charge is 0.315 e. The molecule has 25 heavy (non-hydrogen) atoms. The molecule has 0 spiro atoms. The van der Waals surface area contributed by atoms with Gasteiger partial charge in [-0.1, -0.05) is 12.1 Å². The molecule has 7 nitrogen and oxygen atoms in total. The maximum Gasteiger partial charge on any atom is 0.315 e. The summed E-state index contributed by atoms with van der Waals surface area (Å²) in [6.07, 6.45) is 5.71. The third kappa shape index (κ3) is 4.30. The van der Waals surface area contributed by atoms with Gasteiger partial charge < -0.3 is 24.7 Å². The zero-order valence-corrected chi connectivity index (χ0v) is 14.6. The molecule has 7 heteroatoms. The van der Waals surface area contributed by atoms with E-state index in [9.17, 15) is 4.79 Å². The fraction of sp³-hybridized carbons (Fsp3) is 0.444. The summed E-state index contributed by atoms with van der Waals surface area (Å²) < 4.78 is 12.7. The Morgan fingerprint density at radius 1 is 1.52 bits per heavy atom. The number of hydrogen-bond donors (Lipinski definition) is 2. The molecule has 1 saturated heterocycles. The van der Waals surface area contributed by atoms with E-state index in [4.69, 9.17) is 9.47 Å². The Hall–Kier alpha value is -2.54. The topological polar surface area (TPSA) is 77.4 Å². The van der Waals surface area contributed by atoms with E-state index in [1.165, 1.54) is 0 Å². The van der Waals surface area contributed by atoms with Crippen molar-refractivity contribution in [3.63, 3.8) is 0 Å². The van der Waals surface area contributed by atoms with Gasteiger partial charge in [0.25, 0.3) is 0 Å². The Labute approximate surface area is 147 Å². The molecule has 1 fully saturated rings. The number of hydrogen-bond acceptors (Lipinski definition) is 4. The number of carbonyl (C=O) groups is 1. The monoisotopic (exact) mass is 344 g/mol. The number of imidazole rings is 1. The number of urea groups is 1. The number of rotatable bonds is 6. The Bertz CT molecular complexity index is 710. The second kappa shape index (κ2) is 8.02. The average molecular weight is 344 g/mol. The molecule has 0 bridgehead atoms. The number of methoxy groups -OCH3 is 1. The number of benzene rings is 1. The van der Waals surface area contributed by atoms with E-state index >= 15 is 0 Å². The van der Waals surface area contributed by atoms with Crippen molar-refractivity contribution in [3.8, 4) is 5.75 Å². The van der Waals surface area contributed by atoms with Crippen LogP contribution in [0.15, 0.2) is 36.7 Å². The molecular formula is C18H24N4O3. The largest absolute Gasteiger partial charge is 0.497 e. The number of nitrogens with one attached hydrogen (secondary N) is 2. The van der Waals surface area contributed by atoms with Crippen LogP contribution in [0.25, 0.3) is 0 Å². The highest BCUT2D eigenvalue weighted by atomic mass is 16.5. The number of aryl methyl sites for hydroxylation is 1. The molecular weight excluding hydrogens is 320 g/mol. The highest BCUT2D eigenvalue weighted by Gasteiger charge is 2.22. The van der Waals surface area contributed by atoms with Crippen molar-refractivity contribution in [1.82, 2.24) is 20.2 Å². The van der Waals surface area contributed by atoms with Gasteiger partial charge >= 0.3 is 6.03 Å². The summed E-state index contributed by atoms with van der Waals surface area (Å²) in [5.41, 5.74) is 0.904.